The van der Waals surface area contributed by atoms with E-state index in [-0.39, 0.29) is 18.5 Å². The van der Waals surface area contributed by atoms with Gasteiger partial charge < -0.3 is 13.6 Å². The molecule has 1 aliphatic heterocycles. The molecule has 2 atom stereocenters. The standard InChI is InChI=1S/C51H37N5O/c1-4-14-32(15-5-1)49-52-50(33-16-6-2-7-17-33)54-51(53-49)34-24-26-36(27-25-34)55-40-22-12-10-21-39(40)45-41(55)30-31-42-46(45)47-43(56(42)35-18-8-3-9-19-35)29-28-38-37-20-11-13-23-44(37)57-48(38)47/h1-31,49-54H. The Hall–Kier alpha value is -6.96. The van der Waals surface area contributed by atoms with Gasteiger partial charge in [0.15, 0.2) is 0 Å². The van der Waals surface area contributed by atoms with Crippen molar-refractivity contribution in [2.75, 3.05) is 0 Å². The van der Waals surface area contributed by atoms with Crippen molar-refractivity contribution < 1.29 is 4.42 Å². The maximum atomic E-state index is 6.78. The van der Waals surface area contributed by atoms with Gasteiger partial charge in [-0.1, -0.05) is 127 Å². The Morgan fingerprint density at radius 2 is 0.807 bits per heavy atom. The van der Waals surface area contributed by atoms with Crippen LogP contribution in [0.25, 0.3) is 76.9 Å². The second-order valence-corrected chi connectivity index (χ2v) is 15.0. The Bertz CT molecular complexity index is 3230. The number of hydrogen-bond acceptors (Lipinski definition) is 4. The summed E-state index contributed by atoms with van der Waals surface area (Å²) in [4.78, 5) is 0. The highest BCUT2D eigenvalue weighted by Gasteiger charge is 2.30. The lowest BCUT2D eigenvalue weighted by Crippen LogP contribution is -2.54. The van der Waals surface area contributed by atoms with Gasteiger partial charge in [-0.05, 0) is 77.4 Å². The fraction of sp³-hybridized carbons (Fsp3) is 0.0588. The minimum Gasteiger partial charge on any atom is -0.455 e. The molecule has 272 valence electrons. The third-order valence-electron chi connectivity index (χ3n) is 11.8. The number of benzene rings is 8. The smallest absolute Gasteiger partial charge is 0.145 e. The Balaban J connectivity index is 1.05. The Labute approximate surface area is 328 Å². The van der Waals surface area contributed by atoms with Crippen LogP contribution >= 0.6 is 0 Å². The first kappa shape index (κ1) is 32.3. The monoisotopic (exact) mass is 735 g/mol. The maximum Gasteiger partial charge on any atom is 0.145 e. The summed E-state index contributed by atoms with van der Waals surface area (Å²) in [5.41, 5.74) is 12.2. The average Bonchev–Trinajstić information content (AvgIpc) is 3.95. The molecule has 12 rings (SSSR count). The molecule has 1 saturated heterocycles. The second kappa shape index (κ2) is 12.8. The van der Waals surface area contributed by atoms with Gasteiger partial charge in [-0.3, -0.25) is 16.0 Å². The van der Waals surface area contributed by atoms with Crippen LogP contribution in [-0.2, 0) is 0 Å². The molecule has 2 unspecified atom stereocenters. The fourth-order valence-electron chi connectivity index (χ4n) is 9.29. The SMILES string of the molecule is c1ccc(C2NC(c3ccccc3)NC(c3ccc(-n4c5ccccc5c5c6c7c8oc9ccccc9c8ccc7n(-c7ccccc7)c6ccc54)cc3)N2)cc1. The zero-order valence-corrected chi connectivity index (χ0v) is 30.9. The lowest BCUT2D eigenvalue weighted by Gasteiger charge is -2.39. The molecule has 0 spiro atoms. The minimum atomic E-state index is -0.0798. The van der Waals surface area contributed by atoms with Crippen LogP contribution in [0.1, 0.15) is 35.2 Å². The van der Waals surface area contributed by atoms with Crippen molar-refractivity contribution in [3.8, 4) is 11.4 Å². The molecule has 57 heavy (non-hydrogen) atoms. The molecule has 1 fully saturated rings. The molecule has 0 radical (unpaired) electrons. The highest BCUT2D eigenvalue weighted by molar-refractivity contribution is 6.33. The molecule has 3 N–H and O–H groups in total. The van der Waals surface area contributed by atoms with Gasteiger partial charge in [0, 0.05) is 38.3 Å². The largest absolute Gasteiger partial charge is 0.455 e. The molecule has 8 aromatic carbocycles. The van der Waals surface area contributed by atoms with E-state index < -0.39 is 0 Å². The van der Waals surface area contributed by atoms with E-state index in [0.717, 1.165) is 60.8 Å². The van der Waals surface area contributed by atoms with Gasteiger partial charge in [0.2, 0.25) is 0 Å². The first-order valence-corrected chi connectivity index (χ1v) is 19.6. The molecular weight excluding hydrogens is 699 g/mol. The van der Waals surface area contributed by atoms with Gasteiger partial charge >= 0.3 is 0 Å². The van der Waals surface area contributed by atoms with Crippen molar-refractivity contribution in [3.63, 3.8) is 0 Å². The van der Waals surface area contributed by atoms with Gasteiger partial charge in [-0.25, -0.2) is 0 Å². The summed E-state index contributed by atoms with van der Waals surface area (Å²) >= 11 is 0. The minimum absolute atomic E-state index is 0.0293. The second-order valence-electron chi connectivity index (χ2n) is 15.0. The molecule has 0 amide bonds. The topological polar surface area (TPSA) is 59.1 Å². The van der Waals surface area contributed by atoms with E-state index in [1.807, 2.05) is 6.07 Å². The van der Waals surface area contributed by atoms with Gasteiger partial charge in [-0.15, -0.1) is 0 Å². The van der Waals surface area contributed by atoms with Crippen LogP contribution < -0.4 is 16.0 Å². The van der Waals surface area contributed by atoms with Crippen molar-refractivity contribution in [2.45, 2.75) is 18.5 Å². The summed E-state index contributed by atoms with van der Waals surface area (Å²) in [5.74, 6) is 0. The van der Waals surface area contributed by atoms with Crippen LogP contribution in [-0.4, -0.2) is 9.13 Å². The summed E-state index contributed by atoms with van der Waals surface area (Å²) in [7, 11) is 0. The quantitative estimate of drug-likeness (QED) is 0.165. The third-order valence-corrected chi connectivity index (χ3v) is 11.8. The van der Waals surface area contributed by atoms with E-state index >= 15 is 0 Å². The van der Waals surface area contributed by atoms with Gasteiger partial charge in [0.25, 0.3) is 0 Å². The highest BCUT2D eigenvalue weighted by atomic mass is 16.3. The van der Waals surface area contributed by atoms with Crippen LogP contribution in [0.4, 0.5) is 0 Å². The number of fused-ring (bicyclic) bond motifs is 11. The lowest BCUT2D eigenvalue weighted by atomic mass is 10.0. The Kier molecular flexibility index (Phi) is 7.25. The number of rotatable bonds is 5. The Morgan fingerprint density at radius 1 is 0.333 bits per heavy atom. The number of nitrogens with one attached hydrogen (secondary N) is 3. The molecule has 6 nitrogen and oxygen atoms in total. The van der Waals surface area contributed by atoms with Gasteiger partial charge in [-0.2, -0.15) is 0 Å². The summed E-state index contributed by atoms with van der Waals surface area (Å²) in [6.45, 7) is 0. The number of hydrogen-bond donors (Lipinski definition) is 3. The normalized spacial score (nSPS) is 17.4. The third kappa shape index (κ3) is 5.02. The zero-order chi connectivity index (χ0) is 37.5. The van der Waals surface area contributed by atoms with Crippen LogP contribution in [0.3, 0.4) is 0 Å². The van der Waals surface area contributed by atoms with Gasteiger partial charge in [0.05, 0.1) is 46.0 Å². The number of aromatic nitrogens is 2. The van der Waals surface area contributed by atoms with Crippen molar-refractivity contribution >= 4 is 65.6 Å². The van der Waals surface area contributed by atoms with Crippen molar-refractivity contribution in [3.05, 3.63) is 205 Å². The van der Waals surface area contributed by atoms with Gasteiger partial charge in [0.1, 0.15) is 11.2 Å². The molecule has 11 aromatic rings. The number of nitrogens with zero attached hydrogens (tertiary/aromatic N) is 2. The molecule has 0 bridgehead atoms. The van der Waals surface area contributed by atoms with E-state index in [2.05, 4.69) is 207 Å². The summed E-state index contributed by atoms with van der Waals surface area (Å²) in [6, 6.07) is 67.2. The van der Waals surface area contributed by atoms with Crippen molar-refractivity contribution in [2.24, 2.45) is 0 Å². The van der Waals surface area contributed by atoms with E-state index in [4.69, 9.17) is 4.42 Å². The van der Waals surface area contributed by atoms with E-state index in [1.165, 1.54) is 32.8 Å². The number of furan rings is 1. The summed E-state index contributed by atoms with van der Waals surface area (Å²) < 4.78 is 11.6. The zero-order valence-electron chi connectivity index (χ0n) is 30.9. The average molecular weight is 736 g/mol. The van der Waals surface area contributed by atoms with E-state index in [0.29, 0.717) is 0 Å². The van der Waals surface area contributed by atoms with E-state index in [1.54, 1.807) is 0 Å². The Morgan fingerprint density at radius 3 is 1.47 bits per heavy atom. The first-order valence-electron chi connectivity index (χ1n) is 19.6. The predicted molar refractivity (Wildman–Crippen MR) is 233 cm³/mol. The van der Waals surface area contributed by atoms with E-state index in [9.17, 15) is 0 Å². The van der Waals surface area contributed by atoms with Crippen molar-refractivity contribution in [1.29, 1.82) is 0 Å². The summed E-state index contributed by atoms with van der Waals surface area (Å²) in [6.07, 6.45) is -0.138. The number of para-hydroxylation sites is 3. The van der Waals surface area contributed by atoms with Crippen molar-refractivity contribution in [1.82, 2.24) is 25.1 Å². The molecule has 6 heteroatoms. The molecule has 1 aliphatic rings. The molecule has 0 aliphatic carbocycles. The van der Waals surface area contributed by atoms with Crippen LogP contribution in [0, 0.1) is 0 Å². The lowest BCUT2D eigenvalue weighted by molar-refractivity contribution is 0.203. The molecule has 4 heterocycles. The molecule has 0 saturated carbocycles. The predicted octanol–water partition coefficient (Wildman–Crippen LogP) is 12.0. The van der Waals surface area contributed by atoms with Crippen LogP contribution in [0.5, 0.6) is 0 Å². The highest BCUT2D eigenvalue weighted by Crippen LogP contribution is 2.46. The fourth-order valence-corrected chi connectivity index (χ4v) is 9.29. The summed E-state index contributed by atoms with van der Waals surface area (Å²) in [5, 5.41) is 18.5. The maximum absolute atomic E-state index is 6.78. The molecular formula is C51H37N5O. The van der Waals surface area contributed by atoms with Crippen LogP contribution in [0.2, 0.25) is 0 Å². The first-order chi connectivity index (χ1) is 28.3. The van der Waals surface area contributed by atoms with Crippen LogP contribution in [0.15, 0.2) is 192 Å². The molecule has 3 aromatic heterocycles.